The highest BCUT2D eigenvalue weighted by molar-refractivity contribution is 7.91. The number of nitrogens with one attached hydrogen (secondary N) is 1. The van der Waals surface area contributed by atoms with Crippen molar-refractivity contribution in [3.63, 3.8) is 0 Å². The fraction of sp³-hybridized carbons (Fsp3) is 0.292. The fourth-order valence-electron chi connectivity index (χ4n) is 3.82. The summed E-state index contributed by atoms with van der Waals surface area (Å²) < 4.78 is 29.1. The van der Waals surface area contributed by atoms with E-state index >= 15 is 0 Å². The maximum absolute atomic E-state index is 13.5. The summed E-state index contributed by atoms with van der Waals surface area (Å²) in [6, 6.07) is 17.8. The molecule has 1 N–H and O–H groups in total. The maximum atomic E-state index is 13.5. The molecular weight excluding hydrogens is 474 g/mol. The molecule has 178 valence electrons. The van der Waals surface area contributed by atoms with Crippen LogP contribution < -0.4 is 5.32 Å². The van der Waals surface area contributed by atoms with Crippen LogP contribution in [0, 0.1) is 0 Å². The molecule has 10 heteroatoms. The Balaban J connectivity index is 1.64. The Bertz CT molecular complexity index is 1250. The number of esters is 1. The Hall–Kier alpha value is -3.08. The molecule has 0 saturated carbocycles. The highest BCUT2D eigenvalue weighted by atomic mass is 32.2. The van der Waals surface area contributed by atoms with Gasteiger partial charge >= 0.3 is 5.97 Å². The summed E-state index contributed by atoms with van der Waals surface area (Å²) in [7, 11) is -3.10. The molecule has 2 heterocycles. The van der Waals surface area contributed by atoms with E-state index < -0.39 is 21.8 Å². The number of carbonyl (C=O) groups excluding carboxylic acids is 2. The zero-order chi connectivity index (χ0) is 24.1. The topological polar surface area (TPSA) is 106 Å². The number of nitrogens with zero attached hydrogens (tertiary/aromatic N) is 2. The summed E-state index contributed by atoms with van der Waals surface area (Å²) >= 11 is 1.06. The quantitative estimate of drug-likeness (QED) is 0.497. The summed E-state index contributed by atoms with van der Waals surface area (Å²) in [4.78, 5) is 32.8. The van der Waals surface area contributed by atoms with Crippen molar-refractivity contribution >= 4 is 38.2 Å². The standard InChI is InChI=1S/C24H25N3O5S2/c1-2-32-23(29)21-19(17-9-5-3-6-10-17)25-24(33-21)26-22(28)20(18-11-7-4-8-12-18)27-13-15-34(30,31)16-14-27/h3-12,20H,2,13-16H2,1H3,(H,25,26,28). The number of thiazole rings is 1. The normalized spacial score (nSPS) is 16.5. The average molecular weight is 500 g/mol. The van der Waals surface area contributed by atoms with Crippen molar-refractivity contribution in [2.45, 2.75) is 13.0 Å². The summed E-state index contributed by atoms with van der Waals surface area (Å²) in [5, 5.41) is 3.13. The fourth-order valence-corrected chi connectivity index (χ4v) is 5.94. The molecule has 1 aromatic heterocycles. The lowest BCUT2D eigenvalue weighted by atomic mass is 10.0. The summed E-state index contributed by atoms with van der Waals surface area (Å²) in [5.41, 5.74) is 1.94. The largest absolute Gasteiger partial charge is 0.462 e. The molecule has 0 radical (unpaired) electrons. The van der Waals surface area contributed by atoms with Gasteiger partial charge in [-0.3, -0.25) is 9.69 Å². The second-order valence-electron chi connectivity index (χ2n) is 7.77. The molecule has 0 bridgehead atoms. The number of carbonyl (C=O) groups is 2. The van der Waals surface area contributed by atoms with E-state index in [0.29, 0.717) is 10.6 Å². The molecule has 3 aromatic rings. The molecule has 8 nitrogen and oxygen atoms in total. The molecule has 0 spiro atoms. The molecule has 1 aliphatic rings. The Kier molecular flexibility index (Phi) is 7.40. The van der Waals surface area contributed by atoms with Gasteiger partial charge in [0.15, 0.2) is 15.0 Å². The van der Waals surface area contributed by atoms with Crippen LogP contribution in [0.5, 0.6) is 0 Å². The Morgan fingerprint density at radius 3 is 2.29 bits per heavy atom. The first-order chi connectivity index (χ1) is 16.4. The number of hydrogen-bond acceptors (Lipinski definition) is 8. The number of anilines is 1. The number of amides is 1. The molecule has 1 saturated heterocycles. The first-order valence-corrected chi connectivity index (χ1v) is 13.6. The van der Waals surface area contributed by atoms with Crippen molar-refractivity contribution in [3.05, 3.63) is 71.1 Å². The number of sulfone groups is 1. The van der Waals surface area contributed by atoms with Crippen LogP contribution in [0.15, 0.2) is 60.7 Å². The van der Waals surface area contributed by atoms with Gasteiger partial charge in [-0.05, 0) is 12.5 Å². The smallest absolute Gasteiger partial charge is 0.350 e. The van der Waals surface area contributed by atoms with Crippen LogP contribution in [0.2, 0.25) is 0 Å². The highest BCUT2D eigenvalue weighted by Crippen LogP contribution is 2.33. The monoisotopic (exact) mass is 499 g/mol. The minimum Gasteiger partial charge on any atom is -0.462 e. The molecule has 1 fully saturated rings. The molecule has 1 aliphatic heterocycles. The predicted molar refractivity (Wildman–Crippen MR) is 132 cm³/mol. The van der Waals surface area contributed by atoms with E-state index in [1.807, 2.05) is 65.6 Å². The van der Waals surface area contributed by atoms with E-state index in [1.165, 1.54) is 0 Å². The third-order valence-electron chi connectivity index (χ3n) is 5.47. The number of hydrogen-bond donors (Lipinski definition) is 1. The van der Waals surface area contributed by atoms with Gasteiger partial charge in [0.1, 0.15) is 10.9 Å². The van der Waals surface area contributed by atoms with E-state index in [0.717, 1.165) is 22.5 Å². The van der Waals surface area contributed by atoms with Crippen LogP contribution in [0.1, 0.15) is 28.2 Å². The first-order valence-electron chi connectivity index (χ1n) is 10.9. The second kappa shape index (κ2) is 10.5. The molecule has 0 aliphatic carbocycles. The average Bonchev–Trinajstić information content (AvgIpc) is 3.26. The van der Waals surface area contributed by atoms with Crippen LogP contribution in [0.25, 0.3) is 11.3 Å². The van der Waals surface area contributed by atoms with E-state index in [4.69, 9.17) is 4.74 Å². The lowest BCUT2D eigenvalue weighted by Gasteiger charge is -2.33. The SMILES string of the molecule is CCOC(=O)c1sc(NC(=O)C(c2ccccc2)N2CCS(=O)(=O)CC2)nc1-c1ccccc1. The summed E-state index contributed by atoms with van der Waals surface area (Å²) in [6.45, 7) is 2.47. The summed E-state index contributed by atoms with van der Waals surface area (Å²) in [5.74, 6) is -0.826. The molecule has 1 atom stereocenters. The number of ether oxygens (including phenoxy) is 1. The van der Waals surface area contributed by atoms with E-state index in [1.54, 1.807) is 6.92 Å². The van der Waals surface area contributed by atoms with Gasteiger partial charge in [0.25, 0.3) is 0 Å². The van der Waals surface area contributed by atoms with Crippen LogP contribution in [0.3, 0.4) is 0 Å². The Morgan fingerprint density at radius 2 is 1.68 bits per heavy atom. The molecule has 34 heavy (non-hydrogen) atoms. The van der Waals surface area contributed by atoms with Gasteiger partial charge in [0.2, 0.25) is 5.91 Å². The maximum Gasteiger partial charge on any atom is 0.350 e. The van der Waals surface area contributed by atoms with Crippen molar-refractivity contribution in [1.82, 2.24) is 9.88 Å². The molecule has 2 aromatic carbocycles. The van der Waals surface area contributed by atoms with Crippen molar-refractivity contribution in [2.75, 3.05) is 36.5 Å². The van der Waals surface area contributed by atoms with E-state index in [2.05, 4.69) is 10.3 Å². The molecular formula is C24H25N3O5S2. The zero-order valence-corrected chi connectivity index (χ0v) is 20.3. The third-order valence-corrected chi connectivity index (χ3v) is 8.03. The van der Waals surface area contributed by atoms with Gasteiger partial charge in [-0.1, -0.05) is 72.0 Å². The van der Waals surface area contributed by atoms with Gasteiger partial charge < -0.3 is 10.1 Å². The van der Waals surface area contributed by atoms with Crippen LogP contribution in [-0.4, -0.2) is 61.4 Å². The highest BCUT2D eigenvalue weighted by Gasteiger charge is 2.33. The van der Waals surface area contributed by atoms with Crippen molar-refractivity contribution in [2.24, 2.45) is 0 Å². The predicted octanol–water partition coefficient (Wildman–Crippen LogP) is 3.40. The second-order valence-corrected chi connectivity index (χ2v) is 11.1. The molecule has 1 unspecified atom stereocenters. The van der Waals surface area contributed by atoms with Crippen molar-refractivity contribution < 1.29 is 22.7 Å². The zero-order valence-electron chi connectivity index (χ0n) is 18.6. The molecule has 1 amide bonds. The van der Waals surface area contributed by atoms with Crippen LogP contribution in [0.4, 0.5) is 5.13 Å². The van der Waals surface area contributed by atoms with E-state index in [-0.39, 0.29) is 42.2 Å². The van der Waals surface area contributed by atoms with Gasteiger partial charge in [0, 0.05) is 18.7 Å². The van der Waals surface area contributed by atoms with E-state index in [9.17, 15) is 18.0 Å². The van der Waals surface area contributed by atoms with Gasteiger partial charge in [-0.25, -0.2) is 18.2 Å². The van der Waals surface area contributed by atoms with Crippen molar-refractivity contribution in [3.8, 4) is 11.3 Å². The lowest BCUT2D eigenvalue weighted by molar-refractivity contribution is -0.121. The number of benzene rings is 2. The van der Waals surface area contributed by atoms with Crippen LogP contribution in [-0.2, 0) is 19.4 Å². The summed E-state index contributed by atoms with van der Waals surface area (Å²) in [6.07, 6.45) is 0. The van der Waals surface area contributed by atoms with Gasteiger partial charge in [-0.15, -0.1) is 0 Å². The number of rotatable bonds is 7. The first kappa shape index (κ1) is 24.1. The minimum absolute atomic E-state index is 0.00598. The van der Waals surface area contributed by atoms with Crippen molar-refractivity contribution in [1.29, 1.82) is 0 Å². The Morgan fingerprint density at radius 1 is 1.06 bits per heavy atom. The third kappa shape index (κ3) is 5.52. The van der Waals surface area contributed by atoms with Gasteiger partial charge in [0.05, 0.1) is 23.8 Å². The lowest BCUT2D eigenvalue weighted by Crippen LogP contribution is -2.46. The Labute approximate surface area is 202 Å². The number of aromatic nitrogens is 1. The van der Waals surface area contributed by atoms with Gasteiger partial charge in [-0.2, -0.15) is 0 Å². The minimum atomic E-state index is -3.10. The van der Waals surface area contributed by atoms with Crippen LogP contribution >= 0.6 is 11.3 Å². The molecule has 4 rings (SSSR count).